The first-order valence-electron chi connectivity index (χ1n) is 8.43. The van der Waals surface area contributed by atoms with Gasteiger partial charge < -0.3 is 9.84 Å². The molecule has 0 amide bonds. The van der Waals surface area contributed by atoms with Crippen molar-refractivity contribution in [1.29, 1.82) is 0 Å². The molecule has 132 valence electrons. The average molecular weight is 339 g/mol. The molecule has 1 unspecified atom stereocenters. The summed E-state index contributed by atoms with van der Waals surface area (Å²) in [5.41, 5.74) is 1.95. The third-order valence-corrected chi connectivity index (χ3v) is 3.46. The monoisotopic (exact) mass is 339 g/mol. The number of aliphatic imine (C=N–C) groups is 1. The van der Waals surface area contributed by atoms with Gasteiger partial charge in [0, 0.05) is 24.2 Å². The van der Waals surface area contributed by atoms with E-state index >= 15 is 0 Å². The fraction of sp³-hybridized carbons (Fsp3) is 0.333. The molecule has 0 saturated heterocycles. The van der Waals surface area contributed by atoms with Crippen molar-refractivity contribution in [3.63, 3.8) is 0 Å². The molecule has 1 atom stereocenters. The molecule has 0 aliphatic heterocycles. The molecule has 0 aliphatic carbocycles. The number of aliphatic hydroxyl groups is 1. The maximum atomic E-state index is 12.5. The highest BCUT2D eigenvalue weighted by molar-refractivity contribution is 6.13. The fourth-order valence-electron chi connectivity index (χ4n) is 2.39. The van der Waals surface area contributed by atoms with Crippen molar-refractivity contribution in [3.8, 4) is 0 Å². The molecule has 0 fully saturated rings. The SMILES string of the molecule is CC(C)(C)OC(=O)C(CCO)N=C(c1ccccc1)c1ccccc1. The Morgan fingerprint density at radius 2 is 1.48 bits per heavy atom. The summed E-state index contributed by atoms with van der Waals surface area (Å²) in [6.45, 7) is 5.32. The van der Waals surface area contributed by atoms with Crippen LogP contribution in [0, 0.1) is 0 Å². The Bertz CT molecular complexity index is 661. The number of carbonyl (C=O) groups is 1. The minimum Gasteiger partial charge on any atom is -0.458 e. The van der Waals surface area contributed by atoms with E-state index in [0.29, 0.717) is 5.71 Å². The van der Waals surface area contributed by atoms with Crippen LogP contribution in [0.3, 0.4) is 0 Å². The maximum absolute atomic E-state index is 12.5. The Labute approximate surface area is 149 Å². The van der Waals surface area contributed by atoms with Gasteiger partial charge in [0.1, 0.15) is 5.60 Å². The van der Waals surface area contributed by atoms with E-state index < -0.39 is 17.6 Å². The molecular weight excluding hydrogens is 314 g/mol. The molecule has 2 rings (SSSR count). The number of nitrogens with zero attached hydrogens (tertiary/aromatic N) is 1. The summed E-state index contributed by atoms with van der Waals surface area (Å²) in [4.78, 5) is 17.2. The highest BCUT2D eigenvalue weighted by atomic mass is 16.6. The third kappa shape index (κ3) is 5.84. The van der Waals surface area contributed by atoms with Crippen molar-refractivity contribution >= 4 is 11.7 Å². The highest BCUT2D eigenvalue weighted by Gasteiger charge is 2.25. The fourth-order valence-corrected chi connectivity index (χ4v) is 2.39. The average Bonchev–Trinajstić information content (AvgIpc) is 2.58. The van der Waals surface area contributed by atoms with Gasteiger partial charge in [-0.05, 0) is 20.8 Å². The third-order valence-electron chi connectivity index (χ3n) is 3.46. The highest BCUT2D eigenvalue weighted by Crippen LogP contribution is 2.16. The standard InChI is InChI=1S/C21H25NO3/c1-21(2,3)25-20(24)18(14-15-23)22-19(16-10-6-4-7-11-16)17-12-8-5-9-13-17/h4-13,18,23H,14-15H2,1-3H3. The lowest BCUT2D eigenvalue weighted by molar-refractivity contribution is -0.156. The molecule has 0 saturated carbocycles. The van der Waals surface area contributed by atoms with E-state index in [0.717, 1.165) is 11.1 Å². The van der Waals surface area contributed by atoms with Crippen LogP contribution in [-0.2, 0) is 9.53 Å². The molecule has 0 heterocycles. The first kappa shape index (κ1) is 18.9. The van der Waals surface area contributed by atoms with E-state index in [9.17, 15) is 9.90 Å². The largest absolute Gasteiger partial charge is 0.458 e. The molecule has 4 nitrogen and oxygen atoms in total. The molecule has 4 heteroatoms. The van der Waals surface area contributed by atoms with E-state index in [4.69, 9.17) is 4.74 Å². The number of rotatable bonds is 6. The molecule has 0 aliphatic rings. The van der Waals surface area contributed by atoms with Gasteiger partial charge in [0.25, 0.3) is 0 Å². The Balaban J connectivity index is 2.44. The Kier molecular flexibility index (Phi) is 6.48. The van der Waals surface area contributed by atoms with Crippen molar-refractivity contribution < 1.29 is 14.6 Å². The summed E-state index contributed by atoms with van der Waals surface area (Å²) in [6.07, 6.45) is 0.220. The molecule has 1 N–H and O–H groups in total. The van der Waals surface area contributed by atoms with Crippen LogP contribution in [0.1, 0.15) is 38.3 Å². The predicted molar refractivity (Wildman–Crippen MR) is 99.9 cm³/mol. The van der Waals surface area contributed by atoms with Gasteiger partial charge in [0.05, 0.1) is 5.71 Å². The zero-order valence-corrected chi connectivity index (χ0v) is 15.0. The van der Waals surface area contributed by atoms with Crippen LogP contribution in [0.25, 0.3) is 0 Å². The Morgan fingerprint density at radius 3 is 1.88 bits per heavy atom. The summed E-state index contributed by atoms with van der Waals surface area (Å²) < 4.78 is 5.47. The molecule has 2 aromatic carbocycles. The van der Waals surface area contributed by atoms with Crippen molar-refractivity contribution in [2.24, 2.45) is 4.99 Å². The van der Waals surface area contributed by atoms with Gasteiger partial charge in [-0.25, -0.2) is 4.79 Å². The van der Waals surface area contributed by atoms with Gasteiger partial charge in [0.2, 0.25) is 0 Å². The second-order valence-electron chi connectivity index (χ2n) is 6.77. The molecule has 0 aromatic heterocycles. The van der Waals surface area contributed by atoms with Crippen molar-refractivity contribution in [2.75, 3.05) is 6.61 Å². The lowest BCUT2D eigenvalue weighted by Gasteiger charge is -2.22. The van der Waals surface area contributed by atoms with Crippen LogP contribution in [-0.4, -0.2) is 35.0 Å². The summed E-state index contributed by atoms with van der Waals surface area (Å²) in [5.74, 6) is -0.425. The summed E-state index contributed by atoms with van der Waals surface area (Å²) in [5, 5.41) is 9.36. The van der Waals surface area contributed by atoms with Gasteiger partial charge >= 0.3 is 5.97 Å². The van der Waals surface area contributed by atoms with Crippen LogP contribution in [0.2, 0.25) is 0 Å². The summed E-state index contributed by atoms with van der Waals surface area (Å²) in [7, 11) is 0. The molecule has 0 bridgehead atoms. The summed E-state index contributed by atoms with van der Waals surface area (Å²) >= 11 is 0. The van der Waals surface area contributed by atoms with Gasteiger partial charge in [-0.3, -0.25) is 4.99 Å². The smallest absolute Gasteiger partial charge is 0.331 e. The number of esters is 1. The molecular formula is C21H25NO3. The minimum absolute atomic E-state index is 0.135. The zero-order chi connectivity index (χ0) is 18.3. The topological polar surface area (TPSA) is 58.9 Å². The minimum atomic E-state index is -0.750. The van der Waals surface area contributed by atoms with Crippen LogP contribution in [0.5, 0.6) is 0 Å². The second kappa shape index (κ2) is 8.58. The van der Waals surface area contributed by atoms with Gasteiger partial charge in [-0.2, -0.15) is 0 Å². The van der Waals surface area contributed by atoms with E-state index in [1.54, 1.807) is 0 Å². The summed E-state index contributed by atoms with van der Waals surface area (Å²) in [6, 6.07) is 18.7. The zero-order valence-electron chi connectivity index (χ0n) is 15.0. The number of aliphatic hydroxyl groups excluding tert-OH is 1. The Morgan fingerprint density at radius 1 is 1.00 bits per heavy atom. The van der Waals surface area contributed by atoms with Crippen LogP contribution >= 0.6 is 0 Å². The number of ether oxygens (including phenoxy) is 1. The number of hydrogen-bond donors (Lipinski definition) is 1. The van der Waals surface area contributed by atoms with Gasteiger partial charge in [-0.15, -0.1) is 0 Å². The molecule has 2 aromatic rings. The van der Waals surface area contributed by atoms with E-state index in [1.165, 1.54) is 0 Å². The second-order valence-corrected chi connectivity index (χ2v) is 6.77. The van der Waals surface area contributed by atoms with Crippen molar-refractivity contribution in [3.05, 3.63) is 71.8 Å². The predicted octanol–water partition coefficient (Wildman–Crippen LogP) is 3.62. The van der Waals surface area contributed by atoms with E-state index in [2.05, 4.69) is 4.99 Å². The van der Waals surface area contributed by atoms with Crippen LogP contribution in [0.4, 0.5) is 0 Å². The number of carbonyl (C=O) groups excluding carboxylic acids is 1. The number of benzene rings is 2. The lowest BCUT2D eigenvalue weighted by Crippen LogP contribution is -2.32. The molecule has 0 spiro atoms. The first-order chi connectivity index (χ1) is 11.9. The first-order valence-corrected chi connectivity index (χ1v) is 8.43. The molecule has 25 heavy (non-hydrogen) atoms. The molecule has 0 radical (unpaired) electrons. The van der Waals surface area contributed by atoms with Crippen molar-refractivity contribution in [2.45, 2.75) is 38.8 Å². The van der Waals surface area contributed by atoms with Crippen molar-refractivity contribution in [1.82, 2.24) is 0 Å². The van der Waals surface area contributed by atoms with E-state index in [-0.39, 0.29) is 13.0 Å². The quantitative estimate of drug-likeness (QED) is 0.646. The maximum Gasteiger partial charge on any atom is 0.331 e. The Hall–Kier alpha value is -2.46. The van der Waals surface area contributed by atoms with Crippen LogP contribution in [0.15, 0.2) is 65.7 Å². The lowest BCUT2D eigenvalue weighted by atomic mass is 10.0. The normalized spacial score (nSPS) is 12.3. The van der Waals surface area contributed by atoms with Crippen LogP contribution < -0.4 is 0 Å². The van der Waals surface area contributed by atoms with E-state index in [1.807, 2.05) is 81.4 Å². The number of hydrogen-bond acceptors (Lipinski definition) is 4. The van der Waals surface area contributed by atoms with Gasteiger partial charge in [-0.1, -0.05) is 60.7 Å². The van der Waals surface area contributed by atoms with Gasteiger partial charge in [0.15, 0.2) is 6.04 Å².